The van der Waals surface area contributed by atoms with Crippen LogP contribution >= 0.6 is 15.9 Å². The molecule has 2 N–H and O–H groups in total. The number of rotatable bonds is 6. The number of halogens is 1. The van der Waals surface area contributed by atoms with Crippen molar-refractivity contribution in [1.29, 1.82) is 0 Å². The van der Waals surface area contributed by atoms with E-state index < -0.39 is 16.3 Å². The van der Waals surface area contributed by atoms with Crippen LogP contribution in [0.4, 0.5) is 4.79 Å². The molecule has 1 saturated carbocycles. The third-order valence-corrected chi connectivity index (χ3v) is 5.48. The first kappa shape index (κ1) is 16.7. The molecule has 0 aromatic rings. The Bertz CT molecular complexity index is 393. The van der Waals surface area contributed by atoms with Crippen LogP contribution in [0.2, 0.25) is 0 Å². The maximum atomic E-state index is 11.7. The van der Waals surface area contributed by atoms with Crippen molar-refractivity contribution in [3.05, 3.63) is 0 Å². The van der Waals surface area contributed by atoms with Crippen molar-refractivity contribution in [1.82, 2.24) is 9.44 Å². The molecule has 1 rings (SSSR count). The molecule has 0 heterocycles. The van der Waals surface area contributed by atoms with Crippen molar-refractivity contribution < 1.29 is 17.9 Å². The Morgan fingerprint density at radius 3 is 2.47 bits per heavy atom. The third kappa shape index (κ3) is 5.66. The second-order valence-corrected chi connectivity index (χ2v) is 6.90. The van der Waals surface area contributed by atoms with Gasteiger partial charge in [0.2, 0.25) is 0 Å². The summed E-state index contributed by atoms with van der Waals surface area (Å²) in [5, 5.41) is 0.752. The van der Waals surface area contributed by atoms with E-state index in [-0.39, 0.29) is 12.0 Å². The molecule has 1 amide bonds. The summed E-state index contributed by atoms with van der Waals surface area (Å²) >= 11 is 3.46. The molecular weight excluding hydrogens is 336 g/mol. The van der Waals surface area contributed by atoms with E-state index in [1.165, 1.54) is 6.42 Å². The summed E-state index contributed by atoms with van der Waals surface area (Å²) in [6.07, 6.45) is 4.44. The molecule has 8 heteroatoms. The lowest BCUT2D eigenvalue weighted by atomic mass is 9.76. The van der Waals surface area contributed by atoms with Gasteiger partial charge in [-0.3, -0.25) is 0 Å². The third-order valence-electron chi connectivity index (χ3n) is 3.33. The summed E-state index contributed by atoms with van der Waals surface area (Å²) in [7, 11) is -3.85. The number of nitrogens with one attached hydrogen (secondary N) is 2. The van der Waals surface area contributed by atoms with Crippen molar-refractivity contribution in [3.63, 3.8) is 0 Å². The van der Waals surface area contributed by atoms with E-state index in [0.717, 1.165) is 31.0 Å². The average Bonchev–Trinajstić information content (AvgIpc) is 2.37. The van der Waals surface area contributed by atoms with Crippen molar-refractivity contribution in [2.75, 3.05) is 18.5 Å². The zero-order valence-corrected chi connectivity index (χ0v) is 13.5. The molecule has 0 aromatic carbocycles. The molecule has 0 atom stereocenters. The van der Waals surface area contributed by atoms with Crippen molar-refractivity contribution in [2.24, 2.45) is 5.41 Å². The van der Waals surface area contributed by atoms with Crippen LogP contribution in [-0.2, 0) is 14.9 Å². The van der Waals surface area contributed by atoms with Gasteiger partial charge in [0.05, 0.1) is 6.61 Å². The first-order valence-corrected chi connectivity index (χ1v) is 9.04. The SMILES string of the molecule is CCOC(=O)NS(=O)(=O)NCC1(CBr)CCCCC1. The van der Waals surface area contributed by atoms with Gasteiger partial charge in [-0.15, -0.1) is 0 Å². The quantitative estimate of drug-likeness (QED) is 0.712. The van der Waals surface area contributed by atoms with Gasteiger partial charge in [0.1, 0.15) is 0 Å². The fourth-order valence-corrected chi connectivity index (χ4v) is 3.82. The maximum absolute atomic E-state index is 11.7. The van der Waals surface area contributed by atoms with E-state index in [1.807, 2.05) is 4.72 Å². The summed E-state index contributed by atoms with van der Waals surface area (Å²) in [5.41, 5.74) is -0.0539. The Morgan fingerprint density at radius 1 is 1.32 bits per heavy atom. The zero-order chi connectivity index (χ0) is 14.4. The molecule has 112 valence electrons. The van der Waals surface area contributed by atoms with E-state index in [4.69, 9.17) is 0 Å². The molecular formula is C11H21BrN2O4S. The first-order chi connectivity index (χ1) is 8.93. The van der Waals surface area contributed by atoms with Crippen LogP contribution in [0.3, 0.4) is 0 Å². The van der Waals surface area contributed by atoms with Gasteiger partial charge in [0.15, 0.2) is 0 Å². The molecule has 6 nitrogen and oxygen atoms in total. The molecule has 0 unspecified atom stereocenters. The highest BCUT2D eigenvalue weighted by molar-refractivity contribution is 9.09. The molecule has 1 fully saturated rings. The summed E-state index contributed by atoms with van der Waals surface area (Å²) in [5.74, 6) is 0. The van der Waals surface area contributed by atoms with Gasteiger partial charge >= 0.3 is 16.3 Å². The minimum Gasteiger partial charge on any atom is -0.449 e. The van der Waals surface area contributed by atoms with E-state index in [9.17, 15) is 13.2 Å². The lowest BCUT2D eigenvalue weighted by Gasteiger charge is -2.35. The molecule has 1 aliphatic carbocycles. The monoisotopic (exact) mass is 356 g/mol. The minimum absolute atomic E-state index is 0.0539. The molecule has 0 aliphatic heterocycles. The summed E-state index contributed by atoms with van der Waals surface area (Å²) in [4.78, 5) is 11.1. The normalized spacial score (nSPS) is 18.8. The Balaban J connectivity index is 2.51. The lowest BCUT2D eigenvalue weighted by Crippen LogP contribution is -2.46. The Morgan fingerprint density at radius 2 is 1.95 bits per heavy atom. The first-order valence-electron chi connectivity index (χ1n) is 6.43. The molecule has 19 heavy (non-hydrogen) atoms. The maximum Gasteiger partial charge on any atom is 0.421 e. The van der Waals surface area contributed by atoms with Crippen molar-refractivity contribution in [2.45, 2.75) is 39.0 Å². The summed E-state index contributed by atoms with van der Waals surface area (Å²) in [6.45, 7) is 2.07. The second kappa shape index (κ2) is 7.44. The van der Waals surface area contributed by atoms with Crippen molar-refractivity contribution in [3.8, 4) is 0 Å². The summed E-state index contributed by atoms with van der Waals surface area (Å²) < 4.78 is 32.2. The Kier molecular flexibility index (Phi) is 6.55. The largest absolute Gasteiger partial charge is 0.449 e. The Labute approximate surface area is 123 Å². The number of alkyl halides is 1. The molecule has 0 bridgehead atoms. The van der Waals surface area contributed by atoms with E-state index >= 15 is 0 Å². The van der Waals surface area contributed by atoms with Crippen molar-refractivity contribution >= 4 is 32.2 Å². The average molecular weight is 357 g/mol. The lowest BCUT2D eigenvalue weighted by molar-refractivity contribution is 0.158. The number of amides is 1. The van der Waals surface area contributed by atoms with Crippen LogP contribution in [-0.4, -0.2) is 33.0 Å². The Hall–Kier alpha value is -0.340. The van der Waals surface area contributed by atoms with Crippen LogP contribution in [0.5, 0.6) is 0 Å². The number of hydrogen-bond donors (Lipinski definition) is 2. The molecule has 0 aromatic heterocycles. The predicted octanol–water partition coefficient (Wildman–Crippen LogP) is 1.91. The topological polar surface area (TPSA) is 84.5 Å². The highest BCUT2D eigenvalue weighted by Gasteiger charge is 2.32. The number of ether oxygens (including phenoxy) is 1. The minimum atomic E-state index is -3.85. The fourth-order valence-electron chi connectivity index (χ4n) is 2.21. The van der Waals surface area contributed by atoms with Gasteiger partial charge in [-0.25, -0.2) is 9.52 Å². The number of hydrogen-bond acceptors (Lipinski definition) is 4. The highest BCUT2D eigenvalue weighted by atomic mass is 79.9. The molecule has 0 radical (unpaired) electrons. The molecule has 1 aliphatic rings. The van der Waals surface area contributed by atoms with Crippen LogP contribution in [0.15, 0.2) is 0 Å². The molecule has 0 spiro atoms. The predicted molar refractivity (Wildman–Crippen MR) is 76.4 cm³/mol. The van der Waals surface area contributed by atoms with Gasteiger partial charge in [-0.05, 0) is 25.2 Å². The van der Waals surface area contributed by atoms with E-state index in [1.54, 1.807) is 6.92 Å². The van der Waals surface area contributed by atoms with Gasteiger partial charge in [0.25, 0.3) is 0 Å². The van der Waals surface area contributed by atoms with Crippen LogP contribution < -0.4 is 9.44 Å². The van der Waals surface area contributed by atoms with Gasteiger partial charge < -0.3 is 4.74 Å². The van der Waals surface area contributed by atoms with E-state index in [2.05, 4.69) is 25.4 Å². The highest BCUT2D eigenvalue weighted by Crippen LogP contribution is 2.37. The van der Waals surface area contributed by atoms with Gasteiger partial charge in [0, 0.05) is 11.9 Å². The van der Waals surface area contributed by atoms with Crippen LogP contribution in [0.25, 0.3) is 0 Å². The van der Waals surface area contributed by atoms with Gasteiger partial charge in [-0.1, -0.05) is 35.2 Å². The number of carbonyl (C=O) groups is 1. The second-order valence-electron chi connectivity index (χ2n) is 4.84. The fraction of sp³-hybridized carbons (Fsp3) is 0.909. The summed E-state index contributed by atoms with van der Waals surface area (Å²) in [6, 6.07) is 0. The standard InChI is InChI=1S/C11H21BrN2O4S/c1-2-18-10(15)14-19(16,17)13-9-11(8-12)6-4-3-5-7-11/h13H,2-9H2,1H3,(H,14,15). The van der Waals surface area contributed by atoms with Gasteiger partial charge in [-0.2, -0.15) is 13.1 Å². The van der Waals surface area contributed by atoms with Crippen LogP contribution in [0, 0.1) is 5.41 Å². The van der Waals surface area contributed by atoms with Crippen LogP contribution in [0.1, 0.15) is 39.0 Å². The smallest absolute Gasteiger partial charge is 0.421 e. The number of carbonyl (C=O) groups excluding carboxylic acids is 1. The van der Waals surface area contributed by atoms with E-state index in [0.29, 0.717) is 6.54 Å². The zero-order valence-electron chi connectivity index (χ0n) is 11.1. The molecule has 0 saturated heterocycles.